The first-order valence-corrected chi connectivity index (χ1v) is 9.32. The van der Waals surface area contributed by atoms with Crippen molar-refractivity contribution in [3.8, 4) is 0 Å². The first-order chi connectivity index (χ1) is 11.1. The number of carbonyl (C=O) groups excluding carboxylic acids is 2. The SMILES string of the molecule is CCN(CC)CCC(=O)N1CCN(C(=O)Cc2cccs2)CC1. The molecule has 128 valence electrons. The summed E-state index contributed by atoms with van der Waals surface area (Å²) < 4.78 is 0. The lowest BCUT2D eigenvalue weighted by molar-refractivity contribution is -0.139. The Hall–Kier alpha value is -1.40. The molecule has 0 aliphatic carbocycles. The van der Waals surface area contributed by atoms with Gasteiger partial charge in [0.2, 0.25) is 11.8 Å². The summed E-state index contributed by atoms with van der Waals surface area (Å²) in [5.41, 5.74) is 0. The van der Waals surface area contributed by atoms with Gasteiger partial charge in [0.15, 0.2) is 0 Å². The molecule has 1 saturated heterocycles. The van der Waals surface area contributed by atoms with Crippen LogP contribution >= 0.6 is 11.3 Å². The van der Waals surface area contributed by atoms with Gasteiger partial charge in [0.1, 0.15) is 0 Å². The molecule has 1 aromatic heterocycles. The van der Waals surface area contributed by atoms with Gasteiger partial charge >= 0.3 is 0 Å². The number of hydrogen-bond acceptors (Lipinski definition) is 4. The number of rotatable bonds is 7. The standard InChI is InChI=1S/C17H27N3O2S/c1-3-18(4-2)8-7-16(21)19-9-11-20(12-10-19)17(22)14-15-6-5-13-23-15/h5-6,13H,3-4,7-12,14H2,1-2H3. The Labute approximate surface area is 142 Å². The number of piperazine rings is 1. The maximum atomic E-state index is 12.3. The summed E-state index contributed by atoms with van der Waals surface area (Å²) in [6.45, 7) is 9.65. The van der Waals surface area contributed by atoms with Gasteiger partial charge in [-0.2, -0.15) is 0 Å². The van der Waals surface area contributed by atoms with E-state index < -0.39 is 0 Å². The number of amides is 2. The van der Waals surface area contributed by atoms with Crippen molar-refractivity contribution in [1.82, 2.24) is 14.7 Å². The molecule has 1 aromatic rings. The average Bonchev–Trinajstić information content (AvgIpc) is 3.08. The van der Waals surface area contributed by atoms with Gasteiger partial charge in [-0.15, -0.1) is 11.3 Å². The van der Waals surface area contributed by atoms with Crippen molar-refractivity contribution < 1.29 is 9.59 Å². The van der Waals surface area contributed by atoms with Gasteiger partial charge in [-0.05, 0) is 24.5 Å². The smallest absolute Gasteiger partial charge is 0.227 e. The molecule has 2 amide bonds. The molecule has 5 nitrogen and oxygen atoms in total. The third-order valence-corrected chi connectivity index (χ3v) is 5.30. The fourth-order valence-corrected chi connectivity index (χ4v) is 3.53. The summed E-state index contributed by atoms with van der Waals surface area (Å²) in [6, 6.07) is 3.97. The van der Waals surface area contributed by atoms with Crippen LogP contribution in [0.1, 0.15) is 25.1 Å². The van der Waals surface area contributed by atoms with Crippen molar-refractivity contribution in [2.45, 2.75) is 26.7 Å². The molecule has 0 aromatic carbocycles. The summed E-state index contributed by atoms with van der Waals surface area (Å²) in [4.78, 5) is 31.7. The highest BCUT2D eigenvalue weighted by atomic mass is 32.1. The van der Waals surface area contributed by atoms with Crippen molar-refractivity contribution in [3.05, 3.63) is 22.4 Å². The maximum absolute atomic E-state index is 12.3. The van der Waals surface area contributed by atoms with Crippen LogP contribution in [0, 0.1) is 0 Å². The number of hydrogen-bond donors (Lipinski definition) is 0. The van der Waals surface area contributed by atoms with E-state index in [0.717, 1.165) is 24.5 Å². The van der Waals surface area contributed by atoms with Crippen LogP contribution in [0.2, 0.25) is 0 Å². The second kappa shape index (κ2) is 9.03. The van der Waals surface area contributed by atoms with Gasteiger partial charge in [0.05, 0.1) is 6.42 Å². The fourth-order valence-electron chi connectivity index (χ4n) is 2.83. The van der Waals surface area contributed by atoms with E-state index >= 15 is 0 Å². The van der Waals surface area contributed by atoms with E-state index in [2.05, 4.69) is 18.7 Å². The summed E-state index contributed by atoms with van der Waals surface area (Å²) in [5, 5.41) is 2.00. The van der Waals surface area contributed by atoms with Crippen LogP contribution in [0.3, 0.4) is 0 Å². The first-order valence-electron chi connectivity index (χ1n) is 8.44. The topological polar surface area (TPSA) is 43.9 Å². The Morgan fingerprint density at radius 1 is 1.09 bits per heavy atom. The molecule has 1 aliphatic rings. The van der Waals surface area contributed by atoms with Crippen molar-refractivity contribution >= 4 is 23.2 Å². The Morgan fingerprint density at radius 3 is 2.22 bits per heavy atom. The summed E-state index contributed by atoms with van der Waals surface area (Å²) >= 11 is 1.62. The molecule has 23 heavy (non-hydrogen) atoms. The predicted octanol–water partition coefficient (Wildman–Crippen LogP) is 1.69. The van der Waals surface area contributed by atoms with Crippen LogP contribution in [-0.4, -0.2) is 72.3 Å². The normalized spacial score (nSPS) is 15.3. The number of nitrogens with zero attached hydrogens (tertiary/aromatic N) is 3. The lowest BCUT2D eigenvalue weighted by atomic mass is 10.2. The lowest BCUT2D eigenvalue weighted by Crippen LogP contribution is -2.51. The van der Waals surface area contributed by atoms with Crippen molar-refractivity contribution in [1.29, 1.82) is 0 Å². The minimum Gasteiger partial charge on any atom is -0.339 e. The van der Waals surface area contributed by atoms with Crippen LogP contribution in [0.4, 0.5) is 0 Å². The zero-order valence-corrected chi connectivity index (χ0v) is 15.0. The summed E-state index contributed by atoms with van der Waals surface area (Å²) in [6.07, 6.45) is 1.05. The van der Waals surface area contributed by atoms with Gasteiger partial charge in [-0.1, -0.05) is 19.9 Å². The van der Waals surface area contributed by atoms with E-state index in [4.69, 9.17) is 0 Å². The van der Waals surface area contributed by atoms with Crippen LogP contribution in [0.15, 0.2) is 17.5 Å². The van der Waals surface area contributed by atoms with E-state index in [9.17, 15) is 9.59 Å². The molecule has 2 rings (SSSR count). The van der Waals surface area contributed by atoms with Crippen LogP contribution in [0.25, 0.3) is 0 Å². The molecule has 0 unspecified atom stereocenters. The second-order valence-electron chi connectivity index (χ2n) is 5.79. The van der Waals surface area contributed by atoms with Gasteiger partial charge in [0, 0.05) is 44.0 Å². The number of thiophene rings is 1. The molecule has 1 fully saturated rings. The zero-order valence-electron chi connectivity index (χ0n) is 14.2. The third kappa shape index (κ3) is 5.32. The van der Waals surface area contributed by atoms with Gasteiger partial charge < -0.3 is 14.7 Å². The van der Waals surface area contributed by atoms with Gasteiger partial charge in [0.25, 0.3) is 0 Å². The van der Waals surface area contributed by atoms with Crippen molar-refractivity contribution in [2.24, 2.45) is 0 Å². The fraction of sp³-hybridized carbons (Fsp3) is 0.647. The van der Waals surface area contributed by atoms with E-state index in [1.807, 2.05) is 27.3 Å². The Morgan fingerprint density at radius 2 is 1.70 bits per heavy atom. The summed E-state index contributed by atoms with van der Waals surface area (Å²) in [7, 11) is 0. The highest BCUT2D eigenvalue weighted by Gasteiger charge is 2.24. The third-order valence-electron chi connectivity index (χ3n) is 4.43. The molecule has 0 atom stereocenters. The molecule has 6 heteroatoms. The highest BCUT2D eigenvalue weighted by Crippen LogP contribution is 2.12. The van der Waals surface area contributed by atoms with E-state index in [0.29, 0.717) is 39.0 Å². The molecule has 2 heterocycles. The molecular formula is C17H27N3O2S. The number of carbonyl (C=O) groups is 2. The minimum atomic E-state index is 0.169. The largest absolute Gasteiger partial charge is 0.339 e. The van der Waals surface area contributed by atoms with Crippen LogP contribution < -0.4 is 0 Å². The molecule has 0 saturated carbocycles. The Kier molecular flexibility index (Phi) is 7.05. The zero-order chi connectivity index (χ0) is 16.7. The predicted molar refractivity (Wildman–Crippen MR) is 93.6 cm³/mol. The molecule has 0 radical (unpaired) electrons. The van der Waals surface area contributed by atoms with Crippen LogP contribution in [0.5, 0.6) is 0 Å². The molecule has 0 bridgehead atoms. The van der Waals surface area contributed by atoms with Gasteiger partial charge in [-0.3, -0.25) is 9.59 Å². The molecule has 1 aliphatic heterocycles. The minimum absolute atomic E-state index is 0.169. The van der Waals surface area contributed by atoms with E-state index in [-0.39, 0.29) is 11.8 Å². The van der Waals surface area contributed by atoms with Gasteiger partial charge in [-0.25, -0.2) is 0 Å². The molecular weight excluding hydrogens is 310 g/mol. The Balaban J connectivity index is 1.72. The first kappa shape index (κ1) is 17.9. The quantitative estimate of drug-likeness (QED) is 0.760. The average molecular weight is 337 g/mol. The molecule has 0 spiro atoms. The van der Waals surface area contributed by atoms with E-state index in [1.54, 1.807) is 11.3 Å². The highest BCUT2D eigenvalue weighted by molar-refractivity contribution is 7.10. The van der Waals surface area contributed by atoms with Crippen molar-refractivity contribution in [2.75, 3.05) is 45.8 Å². The maximum Gasteiger partial charge on any atom is 0.227 e. The van der Waals surface area contributed by atoms with Crippen LogP contribution in [-0.2, 0) is 16.0 Å². The van der Waals surface area contributed by atoms with Crippen molar-refractivity contribution in [3.63, 3.8) is 0 Å². The summed E-state index contributed by atoms with van der Waals surface area (Å²) in [5.74, 6) is 0.380. The Bertz CT molecular complexity index is 492. The monoisotopic (exact) mass is 337 g/mol. The van der Waals surface area contributed by atoms with E-state index in [1.165, 1.54) is 0 Å². The second-order valence-corrected chi connectivity index (χ2v) is 6.83. The lowest BCUT2D eigenvalue weighted by Gasteiger charge is -2.35. The molecule has 0 N–H and O–H groups in total.